The third-order valence-electron chi connectivity index (χ3n) is 7.10. The fourth-order valence-corrected chi connectivity index (χ4v) is 4.13. The third kappa shape index (κ3) is 23.3. The summed E-state index contributed by atoms with van der Waals surface area (Å²) in [5, 5.41) is 16.6. The Morgan fingerprint density at radius 3 is 1.52 bits per heavy atom. The molecule has 4 fully saturated rings. The van der Waals surface area contributed by atoms with Crippen molar-refractivity contribution in [1.29, 1.82) is 1.34 Å². The van der Waals surface area contributed by atoms with Gasteiger partial charge in [0.25, 0.3) is 9.05 Å². The number of rotatable bonds is 4. The first-order chi connectivity index (χ1) is 17.6. The Hall–Kier alpha value is 0.812. The number of aliphatic hydroxyl groups is 1. The number of aryl methyl sites for hydroxylation is 1. The molecular weight excluding hydrogens is 778 g/mol. The number of aliphatic carboxylic acids is 1. The Bertz CT molecular complexity index is 850. The van der Waals surface area contributed by atoms with E-state index in [0.29, 0.717) is 12.5 Å². The van der Waals surface area contributed by atoms with Gasteiger partial charge >= 0.3 is 35.5 Å². The van der Waals surface area contributed by atoms with Crippen LogP contribution in [0.4, 0.5) is 0 Å². The Labute approximate surface area is 302 Å². The monoisotopic (exact) mass is 830 g/mol. The average molecular weight is 831 g/mol. The molecule has 0 atom stereocenters. The van der Waals surface area contributed by atoms with E-state index in [2.05, 4.69) is 21.9 Å². The molecule has 4 saturated carbocycles. The number of carboxylic acid groups (broad SMARTS) is 1. The first kappa shape index (κ1) is 47.7. The fraction of sp³-hybridized carbons (Fsp3) is 0.690. The second-order valence-electron chi connectivity index (χ2n) is 10.0. The van der Waals surface area contributed by atoms with Gasteiger partial charge < -0.3 is 11.6 Å². The maximum Gasteiger partial charge on any atom is 1.00 e. The molecule has 5 nitrogen and oxygen atoms in total. The molecule has 1 aromatic rings. The number of hydrogen-bond acceptors (Lipinski definition) is 4. The molecule has 0 amide bonds. The molecule has 221 valence electrons. The van der Waals surface area contributed by atoms with Crippen LogP contribution in [0.25, 0.3) is 0 Å². The Morgan fingerprint density at radius 2 is 1.43 bits per heavy atom. The minimum atomic E-state index is -3.55. The topological polar surface area (TPSA) is 91.7 Å². The van der Waals surface area contributed by atoms with Crippen LogP contribution in [0.15, 0.2) is 41.3 Å². The molecular formula is C29H51B2ClNaO5SU. The predicted molar refractivity (Wildman–Crippen MR) is 165 cm³/mol. The maximum absolute atomic E-state index is 10.7. The van der Waals surface area contributed by atoms with Crippen molar-refractivity contribution in [1.82, 2.24) is 0 Å². The summed E-state index contributed by atoms with van der Waals surface area (Å²) in [4.78, 5) is 10.1. The second-order valence-corrected chi connectivity index (χ2v) is 12.6. The SMILES string of the molecule is C.C=C1CCC1.CCC1CCC1.Cc1ccc(S(=O)(=O)Cl)cc1.O=C(O)C1CCC1.OCC1CCC1.[2H][B].[B].[H-].[Na+].[U]. The summed E-state index contributed by atoms with van der Waals surface area (Å²) in [5.74, 6) is 1.17. The van der Waals surface area contributed by atoms with Crippen molar-refractivity contribution in [2.75, 3.05) is 6.61 Å². The minimum Gasteiger partial charge on any atom is -1.00 e. The van der Waals surface area contributed by atoms with Gasteiger partial charge in [0, 0.05) is 65.2 Å². The smallest absolute Gasteiger partial charge is 1.00 e. The van der Waals surface area contributed by atoms with Crippen LogP contribution in [-0.4, -0.2) is 49.3 Å². The van der Waals surface area contributed by atoms with Gasteiger partial charge in [-0.15, -0.1) is 0 Å². The summed E-state index contributed by atoms with van der Waals surface area (Å²) in [6.45, 7) is 8.34. The molecule has 5 rings (SSSR count). The third-order valence-corrected chi connectivity index (χ3v) is 8.47. The molecule has 4 aliphatic rings. The van der Waals surface area contributed by atoms with Crippen LogP contribution < -0.4 is 29.6 Å². The van der Waals surface area contributed by atoms with Crippen LogP contribution in [0.5, 0.6) is 0 Å². The standard InChI is InChI=1S/C7H7ClO2S.C6H12.C5H8O2.C5H10O.C5H8.CH4.BH.B.Na.U.H/c1-6-2-4-7(5-3-6)11(8,9)10;1-2-6-4-3-5-6;6-5(7)4-2-1-3-4;6-4-5-2-1-3-5;1-5-3-2-4-5;;;;;;/h2-5H,1H3;6H,2-5H2,1H3;4H,1-3H2,(H,6,7);5-6H,1-4H2;1-4H2;1H4;1H;;;;/q;;;;;;;;+1;;-1/i;;;;;;1D;;;;. The summed E-state index contributed by atoms with van der Waals surface area (Å²) in [5.41, 5.74) is 2.44. The summed E-state index contributed by atoms with van der Waals surface area (Å²) in [6, 6.07) is 6.37. The van der Waals surface area contributed by atoms with Crippen molar-refractivity contribution in [3.8, 4) is 0 Å². The van der Waals surface area contributed by atoms with Crippen LogP contribution in [0, 0.1) is 55.8 Å². The van der Waals surface area contributed by atoms with E-state index in [-0.39, 0.29) is 88.8 Å². The number of carboxylic acids is 1. The molecule has 1 aromatic carbocycles. The van der Waals surface area contributed by atoms with Crippen molar-refractivity contribution in [2.24, 2.45) is 17.8 Å². The van der Waals surface area contributed by atoms with Gasteiger partial charge in [-0.2, -0.15) is 0 Å². The molecule has 0 heterocycles. The van der Waals surface area contributed by atoms with Crippen LogP contribution in [-0.2, 0) is 13.8 Å². The van der Waals surface area contributed by atoms with Gasteiger partial charge in [0.1, 0.15) is 0 Å². The van der Waals surface area contributed by atoms with E-state index < -0.39 is 15.0 Å². The summed E-state index contributed by atoms with van der Waals surface area (Å²) >= 11 is 0. The van der Waals surface area contributed by atoms with Gasteiger partial charge in [0.2, 0.25) is 0 Å². The van der Waals surface area contributed by atoms with E-state index in [1.165, 1.54) is 81.9 Å². The molecule has 4 aliphatic carbocycles. The number of allylic oxidation sites excluding steroid dienone is 1. The summed E-state index contributed by atoms with van der Waals surface area (Å²) < 4.78 is 26.7. The van der Waals surface area contributed by atoms with Gasteiger partial charge in [-0.25, -0.2) is 8.42 Å². The maximum atomic E-state index is 10.7. The van der Waals surface area contributed by atoms with Gasteiger partial charge in [0.15, 0.2) is 0 Å². The van der Waals surface area contributed by atoms with Gasteiger partial charge in [-0.1, -0.05) is 82.7 Å². The second kappa shape index (κ2) is 28.6. The summed E-state index contributed by atoms with van der Waals surface area (Å²) in [6.07, 6.45) is 16.7. The number of halogens is 1. The van der Waals surface area contributed by atoms with E-state index >= 15 is 0 Å². The molecule has 0 aliphatic heterocycles. The van der Waals surface area contributed by atoms with Crippen LogP contribution in [0.2, 0.25) is 0 Å². The van der Waals surface area contributed by atoms with Gasteiger partial charge in [0.05, 0.1) is 10.8 Å². The molecule has 11 heteroatoms. The molecule has 2 N–H and O–H groups in total. The molecule has 5 radical (unpaired) electrons. The number of carbonyl (C=O) groups is 1. The Kier molecular flexibility index (Phi) is 34.1. The first-order valence-corrected chi connectivity index (χ1v) is 15.4. The van der Waals surface area contributed by atoms with Gasteiger partial charge in [-0.05, 0) is 77.2 Å². The zero-order valence-corrected chi connectivity index (χ0v) is 31.9. The Balaban J connectivity index is -0.0000000943. The van der Waals surface area contributed by atoms with Crippen LogP contribution >= 0.6 is 10.7 Å². The molecule has 0 aromatic heterocycles. The van der Waals surface area contributed by atoms with E-state index in [0.717, 1.165) is 30.7 Å². The quantitative estimate of drug-likeness (QED) is 0.270. The average Bonchev–Trinajstić information content (AvgIpc) is 2.72. The Morgan fingerprint density at radius 1 is 1.02 bits per heavy atom. The van der Waals surface area contributed by atoms with Crippen molar-refractivity contribution in [2.45, 2.75) is 110 Å². The number of hydrogen-bond donors (Lipinski definition) is 2. The largest absolute Gasteiger partial charge is 1.00 e. The zero-order valence-electron chi connectivity index (χ0n) is 26.2. The fourth-order valence-electron chi connectivity index (χ4n) is 3.36. The van der Waals surface area contributed by atoms with Crippen LogP contribution in [0.3, 0.4) is 0 Å². The molecule has 0 unspecified atom stereocenters. The van der Waals surface area contributed by atoms with E-state index in [4.69, 9.17) is 22.2 Å². The predicted octanol–water partition coefficient (Wildman–Crippen LogP) is 4.22. The van der Waals surface area contributed by atoms with Crippen molar-refractivity contribution < 1.29 is 85.5 Å². The van der Waals surface area contributed by atoms with E-state index in [9.17, 15) is 13.2 Å². The van der Waals surface area contributed by atoms with Gasteiger partial charge in [-0.3, -0.25) is 4.79 Å². The minimum absolute atomic E-state index is 0. The molecule has 40 heavy (non-hydrogen) atoms. The van der Waals surface area contributed by atoms with Crippen molar-refractivity contribution in [3.63, 3.8) is 0 Å². The van der Waals surface area contributed by atoms with E-state index in [1.54, 1.807) is 12.1 Å². The first-order valence-electron chi connectivity index (χ1n) is 13.7. The van der Waals surface area contributed by atoms with E-state index in [1.807, 2.05) is 6.92 Å². The van der Waals surface area contributed by atoms with Crippen molar-refractivity contribution in [3.05, 3.63) is 42.0 Å². The molecule has 0 spiro atoms. The van der Waals surface area contributed by atoms with Crippen LogP contribution in [0.1, 0.15) is 105 Å². The zero-order chi connectivity index (χ0) is 28.3. The molecule has 0 saturated heterocycles. The van der Waals surface area contributed by atoms with Crippen molar-refractivity contribution >= 4 is 42.5 Å². The normalized spacial score (nSPS) is 16.8. The summed E-state index contributed by atoms with van der Waals surface area (Å²) in [7, 11) is 5.29. The number of aliphatic hydroxyl groups excluding tert-OH is 1. The number of benzene rings is 1. The molecule has 0 bridgehead atoms.